The molecule has 3 nitrogen and oxygen atoms in total. The summed E-state index contributed by atoms with van der Waals surface area (Å²) in [6.45, 7) is 0.342. The Bertz CT molecular complexity index is 939. The van der Waals surface area contributed by atoms with Crippen LogP contribution in [0, 0.1) is 22.7 Å². The second-order valence-electron chi connectivity index (χ2n) is 5.15. The van der Waals surface area contributed by atoms with E-state index in [-0.39, 0.29) is 5.71 Å². The Labute approximate surface area is 134 Å². The van der Waals surface area contributed by atoms with Gasteiger partial charge in [-0.3, -0.25) is 4.99 Å². The van der Waals surface area contributed by atoms with E-state index in [9.17, 15) is 0 Å². The van der Waals surface area contributed by atoms with Crippen molar-refractivity contribution < 1.29 is 0 Å². The fourth-order valence-corrected chi connectivity index (χ4v) is 2.44. The molecule has 0 radical (unpaired) electrons. The maximum absolute atomic E-state index is 8.68. The molecule has 0 N–H and O–H groups in total. The fraction of sp³-hybridized carbons (Fsp3) is 0.0500. The zero-order valence-corrected chi connectivity index (χ0v) is 12.4. The summed E-state index contributed by atoms with van der Waals surface area (Å²) < 4.78 is 0. The van der Waals surface area contributed by atoms with E-state index in [1.54, 1.807) is 12.1 Å². The van der Waals surface area contributed by atoms with Crippen LogP contribution in [0.15, 0.2) is 71.7 Å². The number of rotatable bonds is 3. The van der Waals surface area contributed by atoms with Crippen LogP contribution in [0.25, 0.3) is 21.9 Å². The molecular weight excluding hydrogens is 282 g/mol. The second kappa shape index (κ2) is 6.56. The van der Waals surface area contributed by atoms with Crippen LogP contribution in [0.2, 0.25) is 0 Å². The van der Waals surface area contributed by atoms with Gasteiger partial charge >= 0.3 is 0 Å². The van der Waals surface area contributed by atoms with Crippen LogP contribution in [-0.4, -0.2) is 5.71 Å². The van der Waals surface area contributed by atoms with Gasteiger partial charge in [-0.25, -0.2) is 0 Å². The van der Waals surface area contributed by atoms with E-state index < -0.39 is 0 Å². The number of nitriles is 2. The number of hydrogen-bond acceptors (Lipinski definition) is 3. The average molecular weight is 295 g/mol. The van der Waals surface area contributed by atoms with Crippen LogP contribution in [-0.2, 0) is 6.54 Å². The van der Waals surface area contributed by atoms with Gasteiger partial charge in [-0.2, -0.15) is 10.5 Å². The molecule has 0 fully saturated rings. The minimum Gasteiger partial charge on any atom is -0.260 e. The molecule has 0 amide bonds. The normalized spacial score (nSPS) is 9.83. The summed E-state index contributed by atoms with van der Waals surface area (Å²) in [6.07, 6.45) is 0. The molecule has 0 bridgehead atoms. The van der Waals surface area contributed by atoms with Crippen LogP contribution in [0.1, 0.15) is 5.56 Å². The zero-order valence-electron chi connectivity index (χ0n) is 12.4. The van der Waals surface area contributed by atoms with Gasteiger partial charge in [-0.1, -0.05) is 60.7 Å². The van der Waals surface area contributed by atoms with Gasteiger partial charge in [0, 0.05) is 0 Å². The first kappa shape index (κ1) is 14.5. The van der Waals surface area contributed by atoms with Gasteiger partial charge in [0.25, 0.3) is 0 Å². The third kappa shape index (κ3) is 3.26. The third-order valence-corrected chi connectivity index (χ3v) is 3.67. The highest BCUT2D eigenvalue weighted by Crippen LogP contribution is 2.24. The number of hydrogen-bond donors (Lipinski definition) is 0. The largest absolute Gasteiger partial charge is 0.260 e. The Morgan fingerprint density at radius 3 is 2.13 bits per heavy atom. The highest BCUT2D eigenvalue weighted by molar-refractivity contribution is 6.10. The van der Waals surface area contributed by atoms with Crippen LogP contribution >= 0.6 is 0 Å². The van der Waals surface area contributed by atoms with Crippen LogP contribution in [0.3, 0.4) is 0 Å². The fourth-order valence-electron chi connectivity index (χ4n) is 2.44. The molecule has 23 heavy (non-hydrogen) atoms. The molecule has 0 aliphatic carbocycles. The molecule has 0 spiro atoms. The Balaban J connectivity index is 1.85. The Morgan fingerprint density at radius 1 is 0.783 bits per heavy atom. The number of aliphatic imine (C=N–C) groups is 1. The van der Waals surface area contributed by atoms with Gasteiger partial charge in [0.15, 0.2) is 0 Å². The number of nitrogens with zero attached hydrogens (tertiary/aromatic N) is 3. The highest BCUT2D eigenvalue weighted by Gasteiger charge is 2.01. The Hall–Kier alpha value is -3.43. The van der Waals surface area contributed by atoms with E-state index in [1.165, 1.54) is 10.8 Å². The monoisotopic (exact) mass is 295 g/mol. The SMILES string of the molecule is N#CC(C#N)=NCc1ccc(-c2ccc3ccccc3c2)cc1. The molecule has 0 heterocycles. The lowest BCUT2D eigenvalue weighted by Gasteiger charge is -2.05. The summed E-state index contributed by atoms with van der Waals surface area (Å²) in [7, 11) is 0. The smallest absolute Gasteiger partial charge is 0.213 e. The van der Waals surface area contributed by atoms with E-state index in [4.69, 9.17) is 10.5 Å². The van der Waals surface area contributed by atoms with Crippen molar-refractivity contribution in [3.8, 4) is 23.3 Å². The predicted octanol–water partition coefficient (Wildman–Crippen LogP) is 4.49. The minimum atomic E-state index is -0.0939. The molecule has 0 aliphatic rings. The lowest BCUT2D eigenvalue weighted by atomic mass is 10.0. The molecule has 0 aliphatic heterocycles. The summed E-state index contributed by atoms with van der Waals surface area (Å²) in [6, 6.07) is 26.2. The number of benzene rings is 3. The van der Waals surface area contributed by atoms with Crippen LogP contribution < -0.4 is 0 Å². The van der Waals surface area contributed by atoms with E-state index in [0.717, 1.165) is 16.7 Å². The molecule has 0 saturated heterocycles. The van der Waals surface area contributed by atoms with Crippen molar-refractivity contribution in [3.63, 3.8) is 0 Å². The number of fused-ring (bicyclic) bond motifs is 1. The minimum absolute atomic E-state index is 0.0939. The maximum atomic E-state index is 8.68. The van der Waals surface area contributed by atoms with Gasteiger partial charge in [0.1, 0.15) is 12.1 Å². The lowest BCUT2D eigenvalue weighted by Crippen LogP contribution is -1.90. The van der Waals surface area contributed by atoms with E-state index in [1.807, 2.05) is 36.4 Å². The molecular formula is C20H13N3. The summed E-state index contributed by atoms with van der Waals surface area (Å²) in [4.78, 5) is 3.97. The first-order valence-corrected chi connectivity index (χ1v) is 7.23. The first-order valence-electron chi connectivity index (χ1n) is 7.23. The quantitative estimate of drug-likeness (QED) is 0.668. The van der Waals surface area contributed by atoms with E-state index >= 15 is 0 Å². The van der Waals surface area contributed by atoms with Crippen molar-refractivity contribution in [1.82, 2.24) is 0 Å². The Morgan fingerprint density at radius 2 is 1.43 bits per heavy atom. The summed E-state index contributed by atoms with van der Waals surface area (Å²) >= 11 is 0. The van der Waals surface area contributed by atoms with Gasteiger partial charge in [0.2, 0.25) is 5.71 Å². The molecule has 0 atom stereocenters. The van der Waals surface area contributed by atoms with Crippen LogP contribution in [0.4, 0.5) is 0 Å². The van der Waals surface area contributed by atoms with Crippen molar-refractivity contribution in [2.75, 3.05) is 0 Å². The van der Waals surface area contributed by atoms with E-state index in [2.05, 4.69) is 35.3 Å². The first-order chi connectivity index (χ1) is 11.3. The average Bonchev–Trinajstić information content (AvgIpc) is 2.63. The topological polar surface area (TPSA) is 59.9 Å². The predicted molar refractivity (Wildman–Crippen MR) is 91.7 cm³/mol. The molecule has 0 unspecified atom stereocenters. The summed E-state index contributed by atoms with van der Waals surface area (Å²) in [5.74, 6) is 0. The highest BCUT2D eigenvalue weighted by atomic mass is 14.7. The lowest BCUT2D eigenvalue weighted by molar-refractivity contribution is 1.07. The molecule has 3 aromatic carbocycles. The summed E-state index contributed by atoms with van der Waals surface area (Å²) in [5, 5.41) is 19.8. The van der Waals surface area contributed by atoms with Crippen molar-refractivity contribution in [2.45, 2.75) is 6.54 Å². The maximum Gasteiger partial charge on any atom is 0.213 e. The van der Waals surface area contributed by atoms with Crippen molar-refractivity contribution in [3.05, 3.63) is 72.3 Å². The third-order valence-electron chi connectivity index (χ3n) is 3.67. The molecule has 3 aromatic rings. The van der Waals surface area contributed by atoms with Crippen molar-refractivity contribution >= 4 is 16.5 Å². The summed E-state index contributed by atoms with van der Waals surface area (Å²) in [5.41, 5.74) is 3.17. The zero-order chi connectivity index (χ0) is 16.1. The van der Waals surface area contributed by atoms with Crippen LogP contribution in [0.5, 0.6) is 0 Å². The molecule has 3 rings (SSSR count). The van der Waals surface area contributed by atoms with Gasteiger partial charge in [-0.15, -0.1) is 0 Å². The second-order valence-corrected chi connectivity index (χ2v) is 5.15. The van der Waals surface area contributed by atoms with Crippen molar-refractivity contribution in [2.24, 2.45) is 4.99 Å². The van der Waals surface area contributed by atoms with Gasteiger partial charge < -0.3 is 0 Å². The van der Waals surface area contributed by atoms with E-state index in [0.29, 0.717) is 6.54 Å². The molecule has 0 aromatic heterocycles. The van der Waals surface area contributed by atoms with Gasteiger partial charge in [0.05, 0.1) is 6.54 Å². The molecule has 108 valence electrons. The van der Waals surface area contributed by atoms with Gasteiger partial charge in [-0.05, 0) is 33.5 Å². The standard InChI is InChI=1S/C20H13N3/c21-12-20(13-22)23-14-15-5-7-17(8-6-15)19-10-9-16-3-1-2-4-18(16)11-19/h1-11H,14H2. The van der Waals surface area contributed by atoms with Crippen molar-refractivity contribution in [1.29, 1.82) is 10.5 Å². The molecule has 0 saturated carbocycles. The molecule has 3 heteroatoms. The Kier molecular flexibility index (Phi) is 4.13.